The Morgan fingerprint density at radius 3 is 1.68 bits per heavy atom. The van der Waals surface area contributed by atoms with E-state index in [1.54, 1.807) is 28.7 Å². The predicted octanol–water partition coefficient (Wildman–Crippen LogP) is 8.09. The number of phenolic OH excluding ortho intramolecular Hbond substituents is 1. The molecule has 5 aromatic rings. The van der Waals surface area contributed by atoms with Crippen LogP contribution in [0.4, 0.5) is 0 Å². The Labute approximate surface area is 208 Å². The van der Waals surface area contributed by atoms with Crippen molar-refractivity contribution in [3.63, 3.8) is 0 Å². The maximum Gasteiger partial charge on any atom is 0.119 e. The molecule has 5 rings (SSSR count). The molecule has 3 aromatic carbocycles. The van der Waals surface area contributed by atoms with Crippen LogP contribution in [0.15, 0.2) is 85.5 Å². The summed E-state index contributed by atoms with van der Waals surface area (Å²) in [7, 11) is 0. The van der Waals surface area contributed by atoms with Gasteiger partial charge in [-0.15, -0.1) is 29.3 Å². The molecule has 0 saturated carbocycles. The fourth-order valence-electron chi connectivity index (χ4n) is 4.97. The minimum Gasteiger partial charge on any atom is -0.508 e. The fourth-order valence-corrected chi connectivity index (χ4v) is 7.66. The van der Waals surface area contributed by atoms with Crippen molar-refractivity contribution in [2.75, 3.05) is 0 Å². The molecule has 0 atom stereocenters. The minimum atomic E-state index is -0.688. The van der Waals surface area contributed by atoms with Gasteiger partial charge in [-0.25, -0.2) is 9.97 Å². The van der Waals surface area contributed by atoms with Gasteiger partial charge in [0.2, 0.25) is 0 Å². The van der Waals surface area contributed by atoms with Gasteiger partial charge < -0.3 is 5.11 Å². The SMILES string of the molecule is C=CC(c1nc2ccccc2s1)(c1nc2ccccc2s1)C(C)(C)C(C)(C)c1ccccc1O. The summed E-state index contributed by atoms with van der Waals surface area (Å²) >= 11 is 3.40. The number of allylic oxidation sites excluding steroid dienone is 1. The van der Waals surface area contributed by atoms with Crippen molar-refractivity contribution in [2.24, 2.45) is 5.41 Å². The van der Waals surface area contributed by atoms with E-state index in [-0.39, 0.29) is 0 Å². The molecule has 1 N–H and O–H groups in total. The van der Waals surface area contributed by atoms with E-state index in [0.29, 0.717) is 5.75 Å². The van der Waals surface area contributed by atoms with Crippen molar-refractivity contribution in [3.05, 3.63) is 101 Å². The molecule has 0 unspecified atom stereocenters. The van der Waals surface area contributed by atoms with Crippen molar-refractivity contribution in [2.45, 2.75) is 38.5 Å². The van der Waals surface area contributed by atoms with Gasteiger partial charge in [-0.2, -0.15) is 0 Å². The normalized spacial score (nSPS) is 12.9. The third-order valence-corrected chi connectivity index (χ3v) is 10.0. The lowest BCUT2D eigenvalue weighted by Gasteiger charge is -2.52. The monoisotopic (exact) mass is 484 g/mol. The highest BCUT2D eigenvalue weighted by atomic mass is 32.1. The van der Waals surface area contributed by atoms with E-state index in [4.69, 9.17) is 9.97 Å². The van der Waals surface area contributed by atoms with Crippen LogP contribution in [0.5, 0.6) is 5.75 Å². The highest BCUT2D eigenvalue weighted by molar-refractivity contribution is 7.20. The molecule has 5 heteroatoms. The highest BCUT2D eigenvalue weighted by Crippen LogP contribution is 2.60. The molecule has 0 amide bonds. The molecule has 3 nitrogen and oxygen atoms in total. The van der Waals surface area contributed by atoms with Crippen LogP contribution in [0.1, 0.15) is 43.3 Å². The molecule has 0 aliphatic carbocycles. The van der Waals surface area contributed by atoms with E-state index in [9.17, 15) is 5.11 Å². The van der Waals surface area contributed by atoms with Crippen molar-refractivity contribution in [3.8, 4) is 5.75 Å². The van der Waals surface area contributed by atoms with Gasteiger partial charge in [0.15, 0.2) is 0 Å². The van der Waals surface area contributed by atoms with Crippen LogP contribution >= 0.6 is 22.7 Å². The molecule has 0 spiro atoms. The number of thiazole rings is 2. The number of aromatic hydroxyl groups is 1. The molecule has 2 heterocycles. The summed E-state index contributed by atoms with van der Waals surface area (Å²) in [4.78, 5) is 10.3. The van der Waals surface area contributed by atoms with Gasteiger partial charge in [0, 0.05) is 11.0 Å². The number of aromatic nitrogens is 2. The lowest BCUT2D eigenvalue weighted by Crippen LogP contribution is -2.52. The van der Waals surface area contributed by atoms with Gasteiger partial charge in [0.05, 0.1) is 25.8 Å². The number of hydrogen-bond acceptors (Lipinski definition) is 5. The Hall–Kier alpha value is -3.02. The van der Waals surface area contributed by atoms with E-state index in [1.807, 2.05) is 36.4 Å². The number of fused-ring (bicyclic) bond motifs is 2. The largest absolute Gasteiger partial charge is 0.508 e. The second-order valence-corrected chi connectivity index (χ2v) is 11.8. The van der Waals surface area contributed by atoms with Crippen molar-refractivity contribution >= 4 is 43.1 Å². The molecule has 0 fully saturated rings. The minimum absolute atomic E-state index is 0.298. The second kappa shape index (κ2) is 8.03. The first kappa shape index (κ1) is 22.8. The van der Waals surface area contributed by atoms with Crippen LogP contribution in [0, 0.1) is 5.41 Å². The maximum absolute atomic E-state index is 10.9. The topological polar surface area (TPSA) is 46.0 Å². The maximum atomic E-state index is 10.9. The second-order valence-electron chi connectivity index (χ2n) is 9.75. The fraction of sp³-hybridized carbons (Fsp3) is 0.241. The first-order valence-electron chi connectivity index (χ1n) is 11.4. The molecule has 0 bridgehead atoms. The lowest BCUT2D eigenvalue weighted by atomic mass is 9.51. The Balaban J connectivity index is 1.85. The van der Waals surface area contributed by atoms with Crippen LogP contribution in [-0.2, 0) is 10.8 Å². The summed E-state index contributed by atoms with van der Waals surface area (Å²) in [5.41, 5.74) is 1.24. The van der Waals surface area contributed by atoms with Gasteiger partial charge in [-0.05, 0) is 35.7 Å². The summed E-state index contributed by atoms with van der Waals surface area (Å²) in [6.45, 7) is 13.3. The number of nitrogens with zero attached hydrogens (tertiary/aromatic N) is 2. The number of phenols is 1. The van der Waals surface area contributed by atoms with Crippen molar-refractivity contribution < 1.29 is 5.11 Å². The van der Waals surface area contributed by atoms with Crippen LogP contribution in [-0.4, -0.2) is 15.1 Å². The Bertz CT molecular complexity index is 1370. The first-order valence-corrected chi connectivity index (χ1v) is 13.0. The summed E-state index contributed by atoms with van der Waals surface area (Å²) in [6.07, 6.45) is 2.03. The molecule has 0 aliphatic rings. The standard InChI is InChI=1S/C29H28N2OS2/c1-6-29(25-30-20-14-8-11-17-23(20)33-25,26-31-21-15-9-12-18-24(21)34-26)28(4,5)27(2,3)19-13-7-10-16-22(19)32/h6-18,32H,1H2,2-5H3. The van der Waals surface area contributed by atoms with E-state index in [0.717, 1.165) is 36.0 Å². The van der Waals surface area contributed by atoms with Gasteiger partial charge in [-0.1, -0.05) is 76.2 Å². The van der Waals surface area contributed by atoms with Crippen LogP contribution in [0.3, 0.4) is 0 Å². The smallest absolute Gasteiger partial charge is 0.119 e. The Morgan fingerprint density at radius 1 is 0.735 bits per heavy atom. The average molecular weight is 485 g/mol. The quantitative estimate of drug-likeness (QED) is 0.248. The molecule has 0 radical (unpaired) electrons. The van der Waals surface area contributed by atoms with Crippen LogP contribution in [0.25, 0.3) is 20.4 Å². The van der Waals surface area contributed by atoms with E-state index in [2.05, 4.69) is 70.7 Å². The summed E-state index contributed by atoms with van der Waals surface area (Å²) in [5.74, 6) is 0.298. The van der Waals surface area contributed by atoms with Gasteiger partial charge >= 0.3 is 0 Å². The number of hydrogen-bond donors (Lipinski definition) is 1. The molecule has 0 saturated heterocycles. The van der Waals surface area contributed by atoms with Crippen molar-refractivity contribution in [1.82, 2.24) is 9.97 Å². The van der Waals surface area contributed by atoms with Crippen LogP contribution < -0.4 is 0 Å². The van der Waals surface area contributed by atoms with Gasteiger partial charge in [0.25, 0.3) is 0 Å². The third-order valence-electron chi connectivity index (χ3n) is 7.69. The summed E-state index contributed by atoms with van der Waals surface area (Å²) < 4.78 is 2.28. The number of rotatable bonds is 6. The molecule has 0 aliphatic heterocycles. The molecular formula is C29H28N2OS2. The predicted molar refractivity (Wildman–Crippen MR) is 145 cm³/mol. The summed E-state index contributed by atoms with van der Waals surface area (Å²) in [5, 5.41) is 12.8. The zero-order chi connectivity index (χ0) is 24.1. The van der Waals surface area contributed by atoms with Gasteiger partial charge in [0.1, 0.15) is 15.8 Å². The zero-order valence-electron chi connectivity index (χ0n) is 19.9. The Kier molecular flexibility index (Phi) is 5.38. The molecule has 34 heavy (non-hydrogen) atoms. The summed E-state index contributed by atoms with van der Waals surface area (Å²) in [6, 6.07) is 24.1. The first-order chi connectivity index (χ1) is 16.2. The van der Waals surface area contributed by atoms with E-state index in [1.165, 1.54) is 0 Å². The van der Waals surface area contributed by atoms with Gasteiger partial charge in [-0.3, -0.25) is 0 Å². The number of benzene rings is 3. The Morgan fingerprint density at radius 2 is 1.21 bits per heavy atom. The van der Waals surface area contributed by atoms with E-state index >= 15 is 0 Å². The molecular weight excluding hydrogens is 456 g/mol. The lowest BCUT2D eigenvalue weighted by molar-refractivity contribution is 0.122. The van der Waals surface area contributed by atoms with Crippen molar-refractivity contribution in [1.29, 1.82) is 0 Å². The molecule has 172 valence electrons. The van der Waals surface area contributed by atoms with E-state index < -0.39 is 16.2 Å². The molecule has 2 aromatic heterocycles. The zero-order valence-corrected chi connectivity index (χ0v) is 21.5. The van der Waals surface area contributed by atoms with Crippen LogP contribution in [0.2, 0.25) is 0 Å². The third kappa shape index (κ3) is 3.14. The highest BCUT2D eigenvalue weighted by Gasteiger charge is 2.58. The average Bonchev–Trinajstić information content (AvgIpc) is 3.44. The number of para-hydroxylation sites is 3.